The Labute approximate surface area is 121 Å². The summed E-state index contributed by atoms with van der Waals surface area (Å²) in [5.74, 6) is -1.15. The summed E-state index contributed by atoms with van der Waals surface area (Å²) in [7, 11) is 0. The molecule has 112 valence electrons. The fraction of sp³-hybridized carbons (Fsp3) is 0.357. The molecule has 1 aromatic carbocycles. The van der Waals surface area contributed by atoms with E-state index in [4.69, 9.17) is 4.74 Å². The van der Waals surface area contributed by atoms with E-state index in [2.05, 4.69) is 10.3 Å². The lowest BCUT2D eigenvalue weighted by molar-refractivity contribution is 0.0316. The predicted molar refractivity (Wildman–Crippen MR) is 74.9 cm³/mol. The molecule has 0 aliphatic carbocycles. The highest BCUT2D eigenvalue weighted by Gasteiger charge is 2.21. The third-order valence-corrected chi connectivity index (χ3v) is 2.88. The lowest BCUT2D eigenvalue weighted by Crippen LogP contribution is -2.23. The van der Waals surface area contributed by atoms with Crippen LogP contribution in [0.2, 0.25) is 0 Å². The lowest BCUT2D eigenvalue weighted by atomic mass is 10.1. The van der Waals surface area contributed by atoms with Crippen molar-refractivity contribution in [2.75, 3.05) is 13.2 Å². The average Bonchev–Trinajstić information content (AvgIpc) is 2.89. The summed E-state index contributed by atoms with van der Waals surface area (Å²) < 4.78 is 6.53. The minimum absolute atomic E-state index is 0.116. The molecular weight excluding hydrogens is 274 g/mol. The normalized spacial score (nSPS) is 12.3. The Kier molecular flexibility index (Phi) is 5.02. The average molecular weight is 291 g/mol. The van der Waals surface area contributed by atoms with E-state index in [1.807, 2.05) is 13.0 Å². The monoisotopic (exact) mass is 291 g/mol. The summed E-state index contributed by atoms with van der Waals surface area (Å²) in [5, 5.41) is 26.6. The van der Waals surface area contributed by atoms with Crippen molar-refractivity contribution in [2.45, 2.75) is 19.6 Å². The topological polar surface area (TPSA) is 97.5 Å². The van der Waals surface area contributed by atoms with E-state index in [1.54, 1.807) is 24.3 Å². The van der Waals surface area contributed by atoms with Gasteiger partial charge < -0.3 is 14.9 Å². The summed E-state index contributed by atoms with van der Waals surface area (Å²) in [5.41, 5.74) is 0.923. The first-order valence-corrected chi connectivity index (χ1v) is 6.61. The number of hydrogen-bond acceptors (Lipinski definition) is 5. The molecule has 0 aliphatic rings. The number of aromatic nitrogens is 3. The van der Waals surface area contributed by atoms with E-state index in [0.29, 0.717) is 17.9 Å². The number of aliphatic hydroxyl groups is 1. The van der Waals surface area contributed by atoms with Crippen LogP contribution in [0, 0.1) is 0 Å². The van der Waals surface area contributed by atoms with Gasteiger partial charge >= 0.3 is 5.97 Å². The minimum Gasteiger partial charge on any atom is -0.476 e. The summed E-state index contributed by atoms with van der Waals surface area (Å²) in [6, 6.07) is 8.99. The van der Waals surface area contributed by atoms with E-state index in [9.17, 15) is 15.0 Å². The molecule has 2 rings (SSSR count). The molecule has 1 aromatic heterocycles. The number of rotatable bonds is 7. The quantitative estimate of drug-likeness (QED) is 0.791. The largest absolute Gasteiger partial charge is 0.476 e. The zero-order valence-corrected chi connectivity index (χ0v) is 11.6. The van der Waals surface area contributed by atoms with E-state index in [-0.39, 0.29) is 18.8 Å². The predicted octanol–water partition coefficient (Wildman–Crippen LogP) is 1.04. The maximum Gasteiger partial charge on any atom is 0.358 e. The molecular formula is C14H17N3O4. The van der Waals surface area contributed by atoms with Crippen molar-refractivity contribution in [1.82, 2.24) is 15.0 Å². The Hall–Kier alpha value is -2.25. The number of carbonyl (C=O) groups is 1. The van der Waals surface area contributed by atoms with Crippen LogP contribution in [0.3, 0.4) is 0 Å². The van der Waals surface area contributed by atoms with Crippen LogP contribution in [-0.4, -0.2) is 50.5 Å². The molecule has 7 nitrogen and oxygen atoms in total. The van der Waals surface area contributed by atoms with Crippen molar-refractivity contribution in [1.29, 1.82) is 0 Å². The third kappa shape index (κ3) is 3.65. The number of aromatic carboxylic acids is 1. The zero-order valence-electron chi connectivity index (χ0n) is 11.6. The van der Waals surface area contributed by atoms with Gasteiger partial charge in [0, 0.05) is 12.2 Å². The molecule has 0 amide bonds. The SMILES string of the molecule is CCOCC(O)Cn1nnc(C(=O)O)c1-c1ccccc1. The fourth-order valence-corrected chi connectivity index (χ4v) is 1.97. The second-order valence-electron chi connectivity index (χ2n) is 4.45. The highest BCUT2D eigenvalue weighted by atomic mass is 16.5. The van der Waals surface area contributed by atoms with Crippen molar-refractivity contribution in [3.8, 4) is 11.3 Å². The van der Waals surface area contributed by atoms with Crippen LogP contribution in [0.4, 0.5) is 0 Å². The van der Waals surface area contributed by atoms with Crippen LogP contribution in [-0.2, 0) is 11.3 Å². The van der Waals surface area contributed by atoms with Gasteiger partial charge in [-0.1, -0.05) is 35.5 Å². The van der Waals surface area contributed by atoms with Gasteiger partial charge in [0.25, 0.3) is 0 Å². The van der Waals surface area contributed by atoms with Gasteiger partial charge in [0.15, 0.2) is 5.69 Å². The van der Waals surface area contributed by atoms with Crippen molar-refractivity contribution < 1.29 is 19.7 Å². The van der Waals surface area contributed by atoms with Gasteiger partial charge in [-0.15, -0.1) is 5.10 Å². The molecule has 0 saturated carbocycles. The highest BCUT2D eigenvalue weighted by molar-refractivity contribution is 5.92. The lowest BCUT2D eigenvalue weighted by Gasteiger charge is -2.12. The van der Waals surface area contributed by atoms with Gasteiger partial charge in [0.1, 0.15) is 5.69 Å². The summed E-state index contributed by atoms with van der Waals surface area (Å²) in [6.07, 6.45) is -0.782. The third-order valence-electron chi connectivity index (χ3n) is 2.88. The molecule has 7 heteroatoms. The molecule has 0 fully saturated rings. The molecule has 0 spiro atoms. The van der Waals surface area contributed by atoms with Gasteiger partial charge in [0.2, 0.25) is 0 Å². The molecule has 0 saturated heterocycles. The number of benzene rings is 1. The molecule has 21 heavy (non-hydrogen) atoms. The van der Waals surface area contributed by atoms with Gasteiger partial charge in [-0.3, -0.25) is 0 Å². The second kappa shape index (κ2) is 6.96. The Morgan fingerprint density at radius 1 is 1.38 bits per heavy atom. The number of nitrogens with zero attached hydrogens (tertiary/aromatic N) is 3. The van der Waals surface area contributed by atoms with Crippen LogP contribution in [0.25, 0.3) is 11.3 Å². The van der Waals surface area contributed by atoms with Gasteiger partial charge in [0.05, 0.1) is 19.3 Å². The standard InChI is InChI=1S/C14H17N3O4/c1-2-21-9-11(18)8-17-13(10-6-4-3-5-7-10)12(14(19)20)15-16-17/h3-7,11,18H,2,8-9H2,1H3,(H,19,20). The van der Waals surface area contributed by atoms with Crippen molar-refractivity contribution in [3.05, 3.63) is 36.0 Å². The first-order chi connectivity index (χ1) is 10.1. The van der Waals surface area contributed by atoms with Crippen LogP contribution < -0.4 is 0 Å². The molecule has 2 N–H and O–H groups in total. The molecule has 0 radical (unpaired) electrons. The Morgan fingerprint density at radius 2 is 2.10 bits per heavy atom. The molecule has 1 heterocycles. The van der Waals surface area contributed by atoms with Crippen LogP contribution in [0.15, 0.2) is 30.3 Å². The first kappa shape index (κ1) is 15.1. The highest BCUT2D eigenvalue weighted by Crippen LogP contribution is 2.22. The molecule has 1 atom stereocenters. The van der Waals surface area contributed by atoms with E-state index < -0.39 is 12.1 Å². The fourth-order valence-electron chi connectivity index (χ4n) is 1.97. The van der Waals surface area contributed by atoms with Crippen LogP contribution >= 0.6 is 0 Å². The second-order valence-corrected chi connectivity index (χ2v) is 4.45. The summed E-state index contributed by atoms with van der Waals surface area (Å²) in [6.45, 7) is 2.61. The van der Waals surface area contributed by atoms with Crippen LogP contribution in [0.1, 0.15) is 17.4 Å². The van der Waals surface area contributed by atoms with Gasteiger partial charge in [-0.05, 0) is 6.92 Å². The van der Waals surface area contributed by atoms with Crippen molar-refractivity contribution in [3.63, 3.8) is 0 Å². The Morgan fingerprint density at radius 3 is 2.71 bits per heavy atom. The number of carboxylic acid groups (broad SMARTS) is 1. The van der Waals surface area contributed by atoms with Crippen molar-refractivity contribution in [2.24, 2.45) is 0 Å². The van der Waals surface area contributed by atoms with E-state index >= 15 is 0 Å². The maximum absolute atomic E-state index is 11.3. The number of ether oxygens (including phenoxy) is 1. The summed E-state index contributed by atoms with van der Waals surface area (Å²) in [4.78, 5) is 11.3. The number of aliphatic hydroxyl groups excluding tert-OH is 1. The molecule has 1 unspecified atom stereocenters. The molecule has 2 aromatic rings. The Bertz CT molecular complexity index is 598. The minimum atomic E-state index is -1.15. The smallest absolute Gasteiger partial charge is 0.358 e. The van der Waals surface area contributed by atoms with Crippen molar-refractivity contribution >= 4 is 5.97 Å². The molecule has 0 aliphatic heterocycles. The number of hydrogen-bond donors (Lipinski definition) is 2. The maximum atomic E-state index is 11.3. The van der Waals surface area contributed by atoms with Gasteiger partial charge in [-0.25, -0.2) is 9.48 Å². The van der Waals surface area contributed by atoms with E-state index in [0.717, 1.165) is 0 Å². The number of carboxylic acids is 1. The Balaban J connectivity index is 2.32. The summed E-state index contributed by atoms with van der Waals surface area (Å²) >= 11 is 0. The zero-order chi connectivity index (χ0) is 15.2. The molecule has 0 bridgehead atoms. The van der Waals surface area contributed by atoms with E-state index in [1.165, 1.54) is 4.68 Å². The van der Waals surface area contributed by atoms with Gasteiger partial charge in [-0.2, -0.15) is 0 Å². The van der Waals surface area contributed by atoms with Crippen LogP contribution in [0.5, 0.6) is 0 Å². The first-order valence-electron chi connectivity index (χ1n) is 6.61.